The molecule has 0 radical (unpaired) electrons. The number of nitrogens with two attached hydrogens (primary N) is 1. The van der Waals surface area contributed by atoms with Gasteiger partial charge in [-0.25, -0.2) is 9.59 Å². The molecule has 1 aliphatic rings. The normalized spacial score (nSPS) is 15.8. The van der Waals surface area contributed by atoms with Gasteiger partial charge in [-0.15, -0.1) is 0 Å². The van der Waals surface area contributed by atoms with Gasteiger partial charge in [-0.3, -0.25) is 0 Å². The van der Waals surface area contributed by atoms with E-state index < -0.39 is 11.9 Å². The molecule has 0 aliphatic carbocycles. The Hall–Kier alpha value is -2.88. The minimum Gasteiger partial charge on any atom is -0.404 e. The second kappa shape index (κ2) is 4.90. The Labute approximate surface area is 121 Å². The zero-order valence-electron chi connectivity index (χ0n) is 11.4. The van der Waals surface area contributed by atoms with Crippen molar-refractivity contribution in [3.63, 3.8) is 0 Å². The molecule has 1 heterocycles. The molecule has 2 N–H and O–H groups in total. The first-order valence-electron chi connectivity index (χ1n) is 6.50. The fourth-order valence-electron chi connectivity index (χ4n) is 2.47. The van der Waals surface area contributed by atoms with Gasteiger partial charge in [-0.1, -0.05) is 36.4 Å². The fraction of sp³-hybridized carbons (Fsp3) is 0.0588. The molecule has 1 aliphatic heterocycles. The van der Waals surface area contributed by atoms with Crippen molar-refractivity contribution in [1.29, 1.82) is 0 Å². The number of hydrogen-bond acceptors (Lipinski definition) is 4. The van der Waals surface area contributed by atoms with E-state index in [-0.39, 0.29) is 5.57 Å². The molecule has 104 valence electrons. The largest absolute Gasteiger partial charge is 0.404 e. The van der Waals surface area contributed by atoms with Gasteiger partial charge < -0.3 is 10.5 Å². The number of benzene rings is 2. The molecule has 0 saturated carbocycles. The van der Waals surface area contributed by atoms with Crippen LogP contribution >= 0.6 is 0 Å². The summed E-state index contributed by atoms with van der Waals surface area (Å²) in [6, 6.07) is 13.2. The molecule has 2 aromatic carbocycles. The maximum absolute atomic E-state index is 11.9. The van der Waals surface area contributed by atoms with Crippen LogP contribution in [0.5, 0.6) is 0 Å². The fourth-order valence-corrected chi connectivity index (χ4v) is 2.47. The van der Waals surface area contributed by atoms with Crippen molar-refractivity contribution < 1.29 is 14.3 Å². The molecule has 0 aromatic heterocycles. The summed E-state index contributed by atoms with van der Waals surface area (Å²) in [4.78, 5) is 23.5. The molecule has 0 saturated heterocycles. The van der Waals surface area contributed by atoms with Crippen LogP contribution in [-0.4, -0.2) is 11.9 Å². The Balaban J connectivity index is 2.19. The Morgan fingerprint density at radius 2 is 1.71 bits per heavy atom. The molecule has 0 spiro atoms. The standard InChI is InChI=1S/C17H13NO3/c1-10-4-2-3-5-12(10)11-6-7-13-14(8-11)16(19)21-17(20)15(13)9-18/h2-9H,18H2,1H3. The number of carbonyl (C=O) groups is 2. The van der Waals surface area contributed by atoms with Crippen molar-refractivity contribution in [2.45, 2.75) is 6.92 Å². The van der Waals surface area contributed by atoms with Gasteiger partial charge in [0.25, 0.3) is 0 Å². The summed E-state index contributed by atoms with van der Waals surface area (Å²) in [7, 11) is 0. The molecule has 0 amide bonds. The van der Waals surface area contributed by atoms with E-state index in [1.165, 1.54) is 6.20 Å². The van der Waals surface area contributed by atoms with Gasteiger partial charge in [0.05, 0.1) is 11.1 Å². The van der Waals surface area contributed by atoms with Crippen molar-refractivity contribution in [1.82, 2.24) is 0 Å². The molecule has 0 atom stereocenters. The number of cyclic esters (lactones) is 2. The zero-order chi connectivity index (χ0) is 15.0. The van der Waals surface area contributed by atoms with Crippen molar-refractivity contribution in [3.05, 3.63) is 65.4 Å². The molecule has 4 heteroatoms. The maximum atomic E-state index is 11.9. The third-order valence-electron chi connectivity index (χ3n) is 3.56. The van der Waals surface area contributed by atoms with E-state index in [0.29, 0.717) is 11.1 Å². The number of carbonyl (C=O) groups excluding carboxylic acids is 2. The average Bonchev–Trinajstić information content (AvgIpc) is 2.48. The lowest BCUT2D eigenvalue weighted by Gasteiger charge is -2.17. The Morgan fingerprint density at radius 1 is 0.952 bits per heavy atom. The lowest BCUT2D eigenvalue weighted by Crippen LogP contribution is -2.22. The van der Waals surface area contributed by atoms with Gasteiger partial charge in [0.15, 0.2) is 0 Å². The predicted molar refractivity (Wildman–Crippen MR) is 79.2 cm³/mol. The first-order chi connectivity index (χ1) is 10.1. The van der Waals surface area contributed by atoms with Crippen molar-refractivity contribution >= 4 is 17.5 Å². The molecular weight excluding hydrogens is 266 g/mol. The summed E-state index contributed by atoms with van der Waals surface area (Å²) in [5, 5.41) is 0. The second-order valence-electron chi connectivity index (χ2n) is 4.83. The van der Waals surface area contributed by atoms with Gasteiger partial charge >= 0.3 is 11.9 Å². The Kier molecular flexibility index (Phi) is 3.06. The highest BCUT2D eigenvalue weighted by Gasteiger charge is 2.29. The van der Waals surface area contributed by atoms with E-state index in [1.807, 2.05) is 37.3 Å². The molecule has 4 nitrogen and oxygen atoms in total. The number of aryl methyl sites for hydroxylation is 1. The highest BCUT2D eigenvalue weighted by atomic mass is 16.6. The molecule has 0 bridgehead atoms. The van der Waals surface area contributed by atoms with Crippen LogP contribution in [0.15, 0.2) is 48.7 Å². The summed E-state index contributed by atoms with van der Waals surface area (Å²) >= 11 is 0. The number of ether oxygens (including phenoxy) is 1. The third-order valence-corrected chi connectivity index (χ3v) is 3.56. The van der Waals surface area contributed by atoms with Crippen LogP contribution in [0.2, 0.25) is 0 Å². The van der Waals surface area contributed by atoms with Crippen LogP contribution in [0.3, 0.4) is 0 Å². The lowest BCUT2D eigenvalue weighted by molar-refractivity contribution is -0.131. The zero-order valence-corrected chi connectivity index (χ0v) is 11.4. The van der Waals surface area contributed by atoms with Gasteiger partial charge in [0.1, 0.15) is 0 Å². The monoisotopic (exact) mass is 279 g/mol. The molecule has 3 rings (SSSR count). The average molecular weight is 279 g/mol. The SMILES string of the molecule is Cc1ccccc1-c1ccc2c(c1)C(=O)OC(=O)C2=CN. The second-order valence-corrected chi connectivity index (χ2v) is 4.83. The number of rotatable bonds is 1. The van der Waals surface area contributed by atoms with E-state index >= 15 is 0 Å². The van der Waals surface area contributed by atoms with E-state index in [2.05, 4.69) is 0 Å². The smallest absolute Gasteiger partial charge is 0.348 e. The van der Waals surface area contributed by atoms with Gasteiger partial charge in [0, 0.05) is 11.8 Å². The first-order valence-corrected chi connectivity index (χ1v) is 6.50. The number of esters is 2. The molecule has 0 unspecified atom stereocenters. The van der Waals surface area contributed by atoms with Gasteiger partial charge in [-0.2, -0.15) is 0 Å². The maximum Gasteiger partial charge on any atom is 0.348 e. The van der Waals surface area contributed by atoms with E-state index in [1.54, 1.807) is 12.1 Å². The molecule has 0 fully saturated rings. The van der Waals surface area contributed by atoms with E-state index in [9.17, 15) is 9.59 Å². The van der Waals surface area contributed by atoms with Crippen molar-refractivity contribution in [3.8, 4) is 11.1 Å². The van der Waals surface area contributed by atoms with Crippen LogP contribution in [0.4, 0.5) is 0 Å². The van der Waals surface area contributed by atoms with Crippen LogP contribution in [0.1, 0.15) is 21.5 Å². The van der Waals surface area contributed by atoms with Crippen LogP contribution < -0.4 is 5.73 Å². The summed E-state index contributed by atoms with van der Waals surface area (Å²) in [6.45, 7) is 2.00. The minimum absolute atomic E-state index is 0.209. The molecular formula is C17H13NO3. The highest BCUT2D eigenvalue weighted by Crippen LogP contribution is 2.31. The third kappa shape index (κ3) is 2.10. The summed E-state index contributed by atoms with van der Waals surface area (Å²) in [5.41, 5.74) is 9.56. The van der Waals surface area contributed by atoms with Crippen molar-refractivity contribution in [2.75, 3.05) is 0 Å². The summed E-state index contributed by atoms with van der Waals surface area (Å²) < 4.78 is 4.71. The highest BCUT2D eigenvalue weighted by molar-refractivity contribution is 6.26. The molecule has 21 heavy (non-hydrogen) atoms. The van der Waals surface area contributed by atoms with Gasteiger partial charge in [0.2, 0.25) is 0 Å². The van der Waals surface area contributed by atoms with Crippen LogP contribution in [-0.2, 0) is 9.53 Å². The van der Waals surface area contributed by atoms with Crippen molar-refractivity contribution in [2.24, 2.45) is 5.73 Å². The van der Waals surface area contributed by atoms with Gasteiger partial charge in [-0.05, 0) is 29.7 Å². The predicted octanol–water partition coefficient (Wildman–Crippen LogP) is 2.66. The lowest BCUT2D eigenvalue weighted by atomic mass is 9.92. The Bertz CT molecular complexity index is 790. The summed E-state index contributed by atoms with van der Waals surface area (Å²) in [6.07, 6.45) is 1.17. The first kappa shape index (κ1) is 13.1. The Morgan fingerprint density at radius 3 is 2.43 bits per heavy atom. The molecule has 2 aromatic rings. The quantitative estimate of drug-likeness (QED) is 0.495. The van der Waals surface area contributed by atoms with E-state index in [0.717, 1.165) is 16.7 Å². The minimum atomic E-state index is -0.710. The number of hydrogen-bond donors (Lipinski definition) is 1. The number of fused-ring (bicyclic) bond motifs is 1. The summed E-state index contributed by atoms with van der Waals surface area (Å²) in [5.74, 6) is -1.35. The topological polar surface area (TPSA) is 69.4 Å². The van der Waals surface area contributed by atoms with E-state index in [4.69, 9.17) is 10.5 Å². The van der Waals surface area contributed by atoms with Crippen LogP contribution in [0.25, 0.3) is 16.7 Å². The van der Waals surface area contributed by atoms with Crippen LogP contribution in [0, 0.1) is 6.92 Å².